The first kappa shape index (κ1) is 11.9. The molecule has 6 heteroatoms. The summed E-state index contributed by atoms with van der Waals surface area (Å²) in [4.78, 5) is 0. The van der Waals surface area contributed by atoms with Gasteiger partial charge in [0, 0.05) is 10.4 Å². The fourth-order valence-corrected chi connectivity index (χ4v) is 0. The minimum Gasteiger partial charge on any atom is -0.759 e. The summed E-state index contributed by atoms with van der Waals surface area (Å²) in [6.07, 6.45) is 1.84. The first-order valence-electron chi connectivity index (χ1n) is 1.89. The second kappa shape index (κ2) is 6.27. The van der Waals surface area contributed by atoms with E-state index in [1.807, 2.05) is 6.08 Å². The van der Waals surface area contributed by atoms with Gasteiger partial charge in [-0.15, -0.1) is 0 Å². The molecular weight excluding hydrogens is 159 g/mol. The van der Waals surface area contributed by atoms with Crippen molar-refractivity contribution in [3.05, 3.63) is 12.7 Å². The van der Waals surface area contributed by atoms with Gasteiger partial charge in [0.05, 0.1) is 0 Å². The molecule has 50 valence electrons. The smallest absolute Gasteiger partial charge is 0.0311 e. The van der Waals surface area contributed by atoms with E-state index in [1.165, 1.54) is 0 Å². The topological polar surface area (TPSA) is 80.3 Å². The summed E-state index contributed by atoms with van der Waals surface area (Å²) in [5.74, 6) is 0. The number of allylic oxidation sites excluding steroid dienone is 1. The molecule has 0 aromatic rings. The Morgan fingerprint density at radius 2 is 1.67 bits per heavy atom. The molecular formula is C3H5AlO4S. The quantitative estimate of drug-likeness (QED) is 0.225. The van der Waals surface area contributed by atoms with E-state index in [0.29, 0.717) is 0 Å². The molecule has 0 aliphatic rings. The fourth-order valence-electron chi connectivity index (χ4n) is 0. The van der Waals surface area contributed by atoms with E-state index in [9.17, 15) is 0 Å². The third kappa shape index (κ3) is 235. The van der Waals surface area contributed by atoms with Crippen molar-refractivity contribution in [2.24, 2.45) is 0 Å². The van der Waals surface area contributed by atoms with Crippen LogP contribution < -0.4 is 0 Å². The van der Waals surface area contributed by atoms with Crippen molar-refractivity contribution >= 4 is 26.7 Å². The molecule has 0 N–H and O–H groups in total. The van der Waals surface area contributed by atoms with Gasteiger partial charge in [-0.1, -0.05) is 0 Å². The van der Waals surface area contributed by atoms with Gasteiger partial charge >= 0.3 is 34.2 Å². The zero-order valence-corrected chi connectivity index (χ0v) is 6.58. The number of hydrogen-bond donors (Lipinski definition) is 0. The van der Waals surface area contributed by atoms with Gasteiger partial charge in [0.15, 0.2) is 0 Å². The molecule has 0 aliphatic carbocycles. The standard InChI is InChI=1S/C3H5.Al.H2O4S/c1-3-2;;1-5(2,3)4/h3H,1-2H2;;(H2,1,2,3,4)/q;+2;/p-2. The molecule has 0 radical (unpaired) electrons. The van der Waals surface area contributed by atoms with Gasteiger partial charge in [0.2, 0.25) is 0 Å². The van der Waals surface area contributed by atoms with Gasteiger partial charge in [-0.05, 0) is 0 Å². The maximum Gasteiger partial charge on any atom is 0.0311 e. The Morgan fingerprint density at radius 3 is 1.67 bits per heavy atom. The van der Waals surface area contributed by atoms with E-state index >= 15 is 0 Å². The minimum absolute atomic E-state index is 1.00. The zero-order valence-electron chi connectivity index (χ0n) is 4.61. The maximum atomic E-state index is 8.52. The Labute approximate surface area is 62.6 Å². The minimum atomic E-state index is -5.17. The zero-order chi connectivity index (χ0) is 7.91. The predicted octanol–water partition coefficient (Wildman–Crippen LogP) is -0.579. The molecule has 0 bridgehead atoms. The average Bonchev–Trinajstić information content (AvgIpc) is 1.61. The van der Waals surface area contributed by atoms with Gasteiger partial charge < -0.3 is 9.11 Å². The Morgan fingerprint density at radius 1 is 1.56 bits per heavy atom. The summed E-state index contributed by atoms with van der Waals surface area (Å²) >= 11 is 2.54. The van der Waals surface area contributed by atoms with Gasteiger partial charge in [-0.25, -0.2) is 0 Å². The summed E-state index contributed by atoms with van der Waals surface area (Å²) in [7, 11) is -5.17. The van der Waals surface area contributed by atoms with Crippen molar-refractivity contribution in [3.63, 3.8) is 0 Å². The molecule has 0 saturated carbocycles. The van der Waals surface area contributed by atoms with Gasteiger partial charge in [0.1, 0.15) is 0 Å². The molecule has 0 unspecified atom stereocenters. The van der Waals surface area contributed by atoms with Gasteiger partial charge in [-0.3, -0.25) is 8.42 Å². The van der Waals surface area contributed by atoms with Crippen LogP contribution in [0.3, 0.4) is 0 Å². The van der Waals surface area contributed by atoms with Crippen LogP contribution in [0, 0.1) is 0 Å². The Bertz CT molecular complexity index is 141. The predicted molar refractivity (Wildman–Crippen MR) is 31.2 cm³/mol. The summed E-state index contributed by atoms with van der Waals surface area (Å²) < 4.78 is 34.1. The monoisotopic (exact) mass is 164 g/mol. The van der Waals surface area contributed by atoms with E-state index in [1.54, 1.807) is 0 Å². The first-order valence-corrected chi connectivity index (χ1v) is 4.04. The molecule has 0 fully saturated rings. The number of rotatable bonds is 1. The van der Waals surface area contributed by atoms with Gasteiger partial charge in [-0.2, -0.15) is 0 Å². The van der Waals surface area contributed by atoms with Crippen LogP contribution in [0.1, 0.15) is 0 Å². The third-order valence-corrected chi connectivity index (χ3v) is 0.500. The van der Waals surface area contributed by atoms with Crippen LogP contribution in [0.5, 0.6) is 0 Å². The summed E-state index contributed by atoms with van der Waals surface area (Å²) in [6, 6.07) is 0. The fraction of sp³-hybridized carbons (Fsp3) is 0.333. The second-order valence-electron chi connectivity index (χ2n) is 0.933. The Kier molecular flexibility index (Phi) is 8.27. The molecule has 0 aromatic carbocycles. The van der Waals surface area contributed by atoms with Crippen molar-refractivity contribution in [3.8, 4) is 0 Å². The van der Waals surface area contributed by atoms with Crippen LogP contribution in [0.25, 0.3) is 0 Å². The van der Waals surface area contributed by atoms with E-state index in [-0.39, 0.29) is 0 Å². The van der Waals surface area contributed by atoms with E-state index in [0.717, 1.165) is 5.28 Å². The normalized spacial score (nSPS) is 9.33. The average molecular weight is 164 g/mol. The molecule has 0 aromatic heterocycles. The molecule has 4 nitrogen and oxygen atoms in total. The van der Waals surface area contributed by atoms with E-state index in [2.05, 4.69) is 22.9 Å². The van der Waals surface area contributed by atoms with Crippen LogP contribution in [0.15, 0.2) is 12.7 Å². The van der Waals surface area contributed by atoms with E-state index in [4.69, 9.17) is 17.5 Å². The largest absolute Gasteiger partial charge is 0.759 e. The van der Waals surface area contributed by atoms with Crippen molar-refractivity contribution < 1.29 is 17.5 Å². The summed E-state index contributed by atoms with van der Waals surface area (Å²) in [6.45, 7) is 3.46. The molecule has 0 aliphatic heterocycles. The summed E-state index contributed by atoms with van der Waals surface area (Å²) in [5.41, 5.74) is 0. The van der Waals surface area contributed by atoms with Crippen molar-refractivity contribution in [2.45, 2.75) is 5.28 Å². The molecule has 0 saturated heterocycles. The van der Waals surface area contributed by atoms with Crippen LogP contribution in [-0.4, -0.2) is 33.8 Å². The SMILES string of the molecule is C=C[CH2][Al+2].O=S(=O)([O-])[O-]. The summed E-state index contributed by atoms with van der Waals surface area (Å²) in [5, 5.41) is 1.00. The second-order valence-corrected chi connectivity index (χ2v) is 2.22. The Balaban J connectivity index is 0. The molecule has 0 atom stereocenters. The third-order valence-electron chi connectivity index (χ3n) is 0.167. The molecule has 9 heavy (non-hydrogen) atoms. The van der Waals surface area contributed by atoms with Crippen LogP contribution in [0.4, 0.5) is 0 Å². The molecule has 0 rings (SSSR count). The molecule has 0 heterocycles. The van der Waals surface area contributed by atoms with Crippen LogP contribution >= 0.6 is 0 Å². The van der Waals surface area contributed by atoms with Gasteiger partial charge in [0.25, 0.3) is 0 Å². The first-order chi connectivity index (χ1) is 3.91. The number of hydrogen-bond acceptors (Lipinski definition) is 4. The van der Waals surface area contributed by atoms with Crippen molar-refractivity contribution in [2.75, 3.05) is 0 Å². The Hall–Kier alpha value is 0.142. The maximum absolute atomic E-state index is 8.52. The van der Waals surface area contributed by atoms with Crippen molar-refractivity contribution in [1.29, 1.82) is 0 Å². The van der Waals surface area contributed by atoms with Crippen LogP contribution in [0.2, 0.25) is 5.28 Å². The molecule has 0 amide bonds. The van der Waals surface area contributed by atoms with E-state index < -0.39 is 10.4 Å². The molecule has 0 spiro atoms. The van der Waals surface area contributed by atoms with Crippen LogP contribution in [-0.2, 0) is 10.4 Å². The van der Waals surface area contributed by atoms with Crippen molar-refractivity contribution in [1.82, 2.24) is 0 Å².